The van der Waals surface area contributed by atoms with Crippen LogP contribution in [-0.2, 0) is 0 Å². The van der Waals surface area contributed by atoms with E-state index in [1.807, 2.05) is 0 Å². The highest BCUT2D eigenvalue weighted by Gasteiger charge is 2.25. The van der Waals surface area contributed by atoms with Crippen LogP contribution in [-0.4, -0.2) is 12.5 Å². The second-order valence-electron chi connectivity index (χ2n) is 3.86. The van der Waals surface area contributed by atoms with Crippen LogP contribution in [0.3, 0.4) is 0 Å². The summed E-state index contributed by atoms with van der Waals surface area (Å²) in [7, 11) is 0. The van der Waals surface area contributed by atoms with Crippen molar-refractivity contribution in [1.82, 2.24) is 0 Å². The largest absolute Gasteiger partial charge is 0.489 e. The Morgan fingerprint density at radius 3 is 2.69 bits per heavy atom. The molecule has 0 aliphatic heterocycles. The zero-order valence-corrected chi connectivity index (χ0v) is 8.50. The Hall–Kier alpha value is -1.65. The summed E-state index contributed by atoms with van der Waals surface area (Å²) in [4.78, 5) is 11.0. The van der Waals surface area contributed by atoms with Crippen molar-refractivity contribution in [3.05, 3.63) is 29.3 Å². The van der Waals surface area contributed by atoms with Crippen LogP contribution >= 0.6 is 0 Å². The van der Waals surface area contributed by atoms with E-state index < -0.39 is 17.5 Å². The average Bonchev–Trinajstić information content (AvgIpc) is 3.03. The van der Waals surface area contributed by atoms with Gasteiger partial charge in [-0.05, 0) is 30.9 Å². The molecule has 0 radical (unpaired) electrons. The number of nitrogens with two attached hydrogens (primary N) is 1. The molecule has 2 N–H and O–H groups in total. The van der Waals surface area contributed by atoms with Crippen molar-refractivity contribution in [3.8, 4) is 5.75 Å². The fraction of sp³-hybridized carbons (Fsp3) is 0.364. The van der Waals surface area contributed by atoms with Crippen molar-refractivity contribution in [2.24, 2.45) is 11.7 Å². The minimum Gasteiger partial charge on any atom is -0.489 e. The lowest BCUT2D eigenvalue weighted by Crippen LogP contribution is -2.15. The molecule has 1 amide bonds. The highest BCUT2D eigenvalue weighted by molar-refractivity contribution is 5.95. The molecule has 86 valence electrons. The Morgan fingerprint density at radius 1 is 1.44 bits per heavy atom. The summed E-state index contributed by atoms with van der Waals surface area (Å²) in [5, 5.41) is 0. The lowest BCUT2D eigenvalue weighted by atomic mass is 10.2. The third kappa shape index (κ3) is 2.13. The molecule has 0 saturated heterocycles. The van der Waals surface area contributed by atoms with E-state index in [0.717, 1.165) is 25.0 Å². The average molecular weight is 227 g/mol. The summed E-state index contributed by atoms with van der Waals surface area (Å²) in [5.41, 5.74) is 4.92. The SMILES string of the molecule is NC(=O)c1ccc(F)c(F)c1OCC1CC1. The number of carbonyl (C=O) groups excluding carboxylic acids is 1. The first-order valence-electron chi connectivity index (χ1n) is 5.00. The van der Waals surface area contributed by atoms with E-state index in [2.05, 4.69) is 0 Å². The van der Waals surface area contributed by atoms with Gasteiger partial charge in [-0.2, -0.15) is 4.39 Å². The van der Waals surface area contributed by atoms with Gasteiger partial charge in [0.1, 0.15) is 0 Å². The predicted molar refractivity (Wildman–Crippen MR) is 53.1 cm³/mol. The van der Waals surface area contributed by atoms with E-state index >= 15 is 0 Å². The number of ether oxygens (including phenoxy) is 1. The van der Waals surface area contributed by atoms with Crippen LogP contribution in [0.1, 0.15) is 23.2 Å². The van der Waals surface area contributed by atoms with Crippen LogP contribution in [0.5, 0.6) is 5.75 Å². The fourth-order valence-electron chi connectivity index (χ4n) is 1.35. The minimum absolute atomic E-state index is 0.125. The Labute approximate surface area is 91.2 Å². The molecule has 0 heterocycles. The van der Waals surface area contributed by atoms with Crippen molar-refractivity contribution in [1.29, 1.82) is 0 Å². The van der Waals surface area contributed by atoms with Gasteiger partial charge in [-0.1, -0.05) is 0 Å². The van der Waals surface area contributed by atoms with Crippen LogP contribution in [0.4, 0.5) is 8.78 Å². The van der Waals surface area contributed by atoms with E-state index in [4.69, 9.17) is 10.5 Å². The molecule has 1 aromatic carbocycles. The van der Waals surface area contributed by atoms with Gasteiger partial charge in [0.05, 0.1) is 12.2 Å². The Kier molecular flexibility index (Phi) is 2.77. The zero-order chi connectivity index (χ0) is 11.7. The summed E-state index contributed by atoms with van der Waals surface area (Å²) in [6, 6.07) is 1.99. The number of rotatable bonds is 4. The molecular weight excluding hydrogens is 216 g/mol. The summed E-state index contributed by atoms with van der Waals surface area (Å²) in [6.07, 6.45) is 2.03. The number of benzene rings is 1. The van der Waals surface area contributed by atoms with Crippen LogP contribution in [0.15, 0.2) is 12.1 Å². The standard InChI is InChI=1S/C11H11F2NO2/c12-8-4-3-7(11(14)15)10(9(8)13)16-5-6-1-2-6/h3-4,6H,1-2,5H2,(H2,14,15). The molecule has 5 heteroatoms. The molecule has 1 saturated carbocycles. The van der Waals surface area contributed by atoms with E-state index in [0.29, 0.717) is 12.5 Å². The predicted octanol–water partition coefficient (Wildman–Crippen LogP) is 1.85. The zero-order valence-electron chi connectivity index (χ0n) is 8.50. The molecular formula is C11H11F2NO2. The number of hydrogen-bond acceptors (Lipinski definition) is 2. The molecule has 3 nitrogen and oxygen atoms in total. The third-order valence-electron chi connectivity index (χ3n) is 2.48. The van der Waals surface area contributed by atoms with Crippen molar-refractivity contribution in [2.45, 2.75) is 12.8 Å². The van der Waals surface area contributed by atoms with Crippen LogP contribution in [0.2, 0.25) is 0 Å². The van der Waals surface area contributed by atoms with Gasteiger partial charge in [0.25, 0.3) is 5.91 Å². The highest BCUT2D eigenvalue weighted by Crippen LogP contribution is 2.31. The summed E-state index contributed by atoms with van der Waals surface area (Å²) in [6.45, 7) is 0.292. The molecule has 16 heavy (non-hydrogen) atoms. The van der Waals surface area contributed by atoms with Gasteiger partial charge in [0.15, 0.2) is 11.6 Å². The number of hydrogen-bond donors (Lipinski definition) is 1. The third-order valence-corrected chi connectivity index (χ3v) is 2.48. The molecule has 0 atom stereocenters. The molecule has 1 aromatic rings. The maximum absolute atomic E-state index is 13.4. The molecule has 2 rings (SSSR count). The number of halogens is 2. The van der Waals surface area contributed by atoms with Crippen LogP contribution in [0.25, 0.3) is 0 Å². The van der Waals surface area contributed by atoms with Crippen molar-refractivity contribution in [2.75, 3.05) is 6.61 Å². The fourth-order valence-corrected chi connectivity index (χ4v) is 1.35. The molecule has 1 fully saturated rings. The van der Waals surface area contributed by atoms with Crippen LogP contribution < -0.4 is 10.5 Å². The molecule has 0 aromatic heterocycles. The van der Waals surface area contributed by atoms with Crippen LogP contribution in [0, 0.1) is 17.6 Å². The Bertz CT molecular complexity index is 430. The topological polar surface area (TPSA) is 52.3 Å². The molecule has 0 spiro atoms. The number of carbonyl (C=O) groups is 1. The van der Waals surface area contributed by atoms with Crippen molar-refractivity contribution >= 4 is 5.91 Å². The lowest BCUT2D eigenvalue weighted by molar-refractivity contribution is 0.0994. The maximum Gasteiger partial charge on any atom is 0.252 e. The minimum atomic E-state index is -1.16. The van der Waals surface area contributed by atoms with Gasteiger partial charge < -0.3 is 10.5 Å². The summed E-state index contributed by atoms with van der Waals surface area (Å²) >= 11 is 0. The second kappa shape index (κ2) is 4.08. The van der Waals surface area contributed by atoms with Crippen molar-refractivity contribution < 1.29 is 18.3 Å². The summed E-state index contributed by atoms with van der Waals surface area (Å²) < 4.78 is 31.5. The molecule has 0 bridgehead atoms. The molecule has 1 aliphatic rings. The first-order chi connectivity index (χ1) is 7.59. The Balaban J connectivity index is 2.28. The van der Waals surface area contributed by atoms with E-state index in [1.165, 1.54) is 0 Å². The monoisotopic (exact) mass is 227 g/mol. The highest BCUT2D eigenvalue weighted by atomic mass is 19.2. The first kappa shape index (κ1) is 10.9. The van der Waals surface area contributed by atoms with Gasteiger partial charge in [-0.15, -0.1) is 0 Å². The molecule has 0 unspecified atom stereocenters. The molecule has 1 aliphatic carbocycles. The van der Waals surface area contributed by atoms with E-state index in [-0.39, 0.29) is 11.3 Å². The van der Waals surface area contributed by atoms with Gasteiger partial charge in [0, 0.05) is 0 Å². The summed E-state index contributed by atoms with van der Waals surface area (Å²) in [5.74, 6) is -3.03. The normalized spacial score (nSPS) is 14.9. The number of primary amides is 1. The first-order valence-corrected chi connectivity index (χ1v) is 5.00. The van der Waals surface area contributed by atoms with Gasteiger partial charge in [-0.3, -0.25) is 4.79 Å². The van der Waals surface area contributed by atoms with Crippen molar-refractivity contribution in [3.63, 3.8) is 0 Å². The Morgan fingerprint density at radius 2 is 2.12 bits per heavy atom. The van der Waals surface area contributed by atoms with E-state index in [1.54, 1.807) is 0 Å². The second-order valence-corrected chi connectivity index (χ2v) is 3.86. The van der Waals surface area contributed by atoms with Gasteiger partial charge >= 0.3 is 0 Å². The van der Waals surface area contributed by atoms with Gasteiger partial charge in [-0.25, -0.2) is 4.39 Å². The lowest BCUT2D eigenvalue weighted by Gasteiger charge is -2.10. The quantitative estimate of drug-likeness (QED) is 0.853. The number of amides is 1. The maximum atomic E-state index is 13.4. The van der Waals surface area contributed by atoms with Gasteiger partial charge in [0.2, 0.25) is 5.82 Å². The van der Waals surface area contributed by atoms with E-state index in [9.17, 15) is 13.6 Å². The smallest absolute Gasteiger partial charge is 0.252 e.